The van der Waals surface area contributed by atoms with Gasteiger partial charge in [0.25, 0.3) is 5.56 Å². The van der Waals surface area contributed by atoms with Gasteiger partial charge in [-0.1, -0.05) is 60.7 Å². The maximum atomic E-state index is 13.4. The summed E-state index contributed by atoms with van der Waals surface area (Å²) in [5.74, 6) is 0.527. The molecule has 0 aliphatic heterocycles. The van der Waals surface area contributed by atoms with Crippen LogP contribution in [-0.2, 0) is 29.0 Å². The zero-order valence-electron chi connectivity index (χ0n) is 19.8. The molecule has 1 amide bonds. The molecule has 0 saturated carbocycles. The highest BCUT2D eigenvalue weighted by Crippen LogP contribution is 2.23. The van der Waals surface area contributed by atoms with Crippen molar-refractivity contribution < 1.29 is 13.9 Å². The molecule has 10 heteroatoms. The number of methoxy groups -OCH3 is 1. The highest BCUT2D eigenvalue weighted by atomic mass is 16.5. The topological polar surface area (TPSA) is 136 Å². The molecule has 0 fully saturated rings. The minimum Gasteiger partial charge on any atom is -0.441 e. The Bertz CT molecular complexity index is 1430. The molecule has 0 unspecified atom stereocenters. The lowest BCUT2D eigenvalue weighted by Crippen LogP contribution is -2.41. The van der Waals surface area contributed by atoms with Crippen LogP contribution in [0.3, 0.4) is 0 Å². The predicted octanol–water partition coefficient (Wildman–Crippen LogP) is 2.59. The van der Waals surface area contributed by atoms with E-state index in [1.165, 1.54) is 16.6 Å². The molecule has 36 heavy (non-hydrogen) atoms. The highest BCUT2D eigenvalue weighted by Gasteiger charge is 2.25. The fraction of sp³-hybridized carbons (Fsp3) is 0.231. The van der Waals surface area contributed by atoms with Crippen molar-refractivity contribution in [3.8, 4) is 11.3 Å². The molecule has 0 atom stereocenters. The molecule has 2 aromatic carbocycles. The summed E-state index contributed by atoms with van der Waals surface area (Å²) >= 11 is 0. The summed E-state index contributed by atoms with van der Waals surface area (Å²) in [5.41, 5.74) is 6.44. The lowest BCUT2D eigenvalue weighted by molar-refractivity contribution is -0.118. The average Bonchev–Trinajstić information content (AvgIpc) is 3.37. The van der Waals surface area contributed by atoms with Gasteiger partial charge in [0.2, 0.25) is 5.91 Å². The maximum Gasteiger partial charge on any atom is 0.330 e. The third kappa shape index (κ3) is 5.61. The van der Waals surface area contributed by atoms with Crippen LogP contribution in [0.25, 0.3) is 11.3 Å². The van der Waals surface area contributed by atoms with Crippen molar-refractivity contribution in [2.45, 2.75) is 25.9 Å². The molecule has 0 bridgehead atoms. The summed E-state index contributed by atoms with van der Waals surface area (Å²) in [4.78, 5) is 46.5. The summed E-state index contributed by atoms with van der Waals surface area (Å²) in [6.07, 6.45) is 1.85. The number of aryl methyl sites for hydroxylation is 1. The van der Waals surface area contributed by atoms with Crippen LogP contribution in [0.4, 0.5) is 11.5 Å². The fourth-order valence-corrected chi connectivity index (χ4v) is 3.81. The number of rotatable bonds is 10. The number of amides is 1. The standard InChI is InChI=1S/C26H27N5O5/c1-35-15-14-30-24(27)23(25(33)29-26(30)34)31(17-18-8-4-2-5-9-18)22(32)13-12-21-28-16-20(36-21)19-10-6-3-7-11-19/h2-11,16H,12-15,17,27H2,1H3,(H,29,33,34). The third-order valence-corrected chi connectivity index (χ3v) is 5.65. The molecule has 0 spiro atoms. The third-order valence-electron chi connectivity index (χ3n) is 5.65. The monoisotopic (exact) mass is 489 g/mol. The number of hydrogen-bond acceptors (Lipinski definition) is 7. The van der Waals surface area contributed by atoms with Gasteiger partial charge in [0, 0.05) is 25.5 Å². The molecule has 2 aromatic heterocycles. The van der Waals surface area contributed by atoms with E-state index >= 15 is 0 Å². The van der Waals surface area contributed by atoms with Crippen LogP contribution in [0.2, 0.25) is 0 Å². The summed E-state index contributed by atoms with van der Waals surface area (Å²) in [6, 6.07) is 18.7. The van der Waals surface area contributed by atoms with Crippen LogP contribution in [0, 0.1) is 0 Å². The SMILES string of the molecule is COCCn1c(N)c(N(Cc2ccccc2)C(=O)CCc2ncc(-c3ccccc3)o2)c(=O)[nH]c1=O. The van der Waals surface area contributed by atoms with E-state index in [0.29, 0.717) is 11.7 Å². The first-order chi connectivity index (χ1) is 17.5. The number of carbonyl (C=O) groups is 1. The Labute approximate surface area is 207 Å². The molecular weight excluding hydrogens is 462 g/mol. The van der Waals surface area contributed by atoms with E-state index in [1.807, 2.05) is 60.7 Å². The second-order valence-electron chi connectivity index (χ2n) is 8.09. The number of aromatic nitrogens is 3. The average molecular weight is 490 g/mol. The predicted molar refractivity (Wildman–Crippen MR) is 136 cm³/mol. The summed E-state index contributed by atoms with van der Waals surface area (Å²) in [5, 5.41) is 0. The van der Waals surface area contributed by atoms with Crippen molar-refractivity contribution in [3.05, 3.63) is 99.2 Å². The van der Waals surface area contributed by atoms with Gasteiger partial charge in [0.1, 0.15) is 5.82 Å². The molecule has 10 nitrogen and oxygen atoms in total. The van der Waals surface area contributed by atoms with Crippen molar-refractivity contribution in [2.24, 2.45) is 0 Å². The normalized spacial score (nSPS) is 10.9. The lowest BCUT2D eigenvalue weighted by atomic mass is 10.2. The van der Waals surface area contributed by atoms with Crippen LogP contribution >= 0.6 is 0 Å². The smallest absolute Gasteiger partial charge is 0.330 e. The lowest BCUT2D eigenvalue weighted by Gasteiger charge is -2.24. The molecule has 0 radical (unpaired) electrons. The second-order valence-corrected chi connectivity index (χ2v) is 8.09. The van der Waals surface area contributed by atoms with Crippen molar-refractivity contribution in [1.29, 1.82) is 0 Å². The number of anilines is 2. The molecule has 2 heterocycles. The zero-order valence-corrected chi connectivity index (χ0v) is 19.8. The maximum absolute atomic E-state index is 13.4. The number of nitrogens with two attached hydrogens (primary N) is 1. The summed E-state index contributed by atoms with van der Waals surface area (Å²) < 4.78 is 12.0. The summed E-state index contributed by atoms with van der Waals surface area (Å²) in [7, 11) is 1.49. The molecule has 4 rings (SSSR count). The number of hydrogen-bond donors (Lipinski definition) is 2. The van der Waals surface area contributed by atoms with Gasteiger partial charge in [-0.3, -0.25) is 19.1 Å². The first-order valence-corrected chi connectivity index (χ1v) is 11.4. The van der Waals surface area contributed by atoms with E-state index in [4.69, 9.17) is 14.9 Å². The number of aromatic amines is 1. The number of oxazole rings is 1. The quantitative estimate of drug-likeness (QED) is 0.349. The first kappa shape index (κ1) is 24.7. The van der Waals surface area contributed by atoms with Crippen molar-refractivity contribution in [3.63, 3.8) is 0 Å². The van der Waals surface area contributed by atoms with Gasteiger partial charge in [-0.25, -0.2) is 9.78 Å². The molecule has 4 aromatic rings. The Morgan fingerprint density at radius 3 is 2.50 bits per heavy atom. The molecule has 0 aliphatic carbocycles. The van der Waals surface area contributed by atoms with Gasteiger partial charge in [0.05, 0.1) is 25.9 Å². The number of nitrogen functional groups attached to an aromatic ring is 1. The van der Waals surface area contributed by atoms with E-state index in [9.17, 15) is 14.4 Å². The Morgan fingerprint density at radius 1 is 1.11 bits per heavy atom. The number of H-pyrrole nitrogens is 1. The van der Waals surface area contributed by atoms with Gasteiger partial charge in [0.15, 0.2) is 17.3 Å². The van der Waals surface area contributed by atoms with Crippen LogP contribution in [-0.4, -0.2) is 34.2 Å². The minimum atomic E-state index is -0.738. The van der Waals surface area contributed by atoms with Crippen molar-refractivity contribution >= 4 is 17.4 Å². The van der Waals surface area contributed by atoms with Gasteiger partial charge < -0.3 is 19.8 Å². The van der Waals surface area contributed by atoms with Crippen LogP contribution in [0.1, 0.15) is 17.9 Å². The van der Waals surface area contributed by atoms with Crippen molar-refractivity contribution in [1.82, 2.24) is 14.5 Å². The van der Waals surface area contributed by atoms with Crippen LogP contribution in [0.5, 0.6) is 0 Å². The van der Waals surface area contributed by atoms with E-state index in [1.54, 1.807) is 6.20 Å². The van der Waals surface area contributed by atoms with E-state index < -0.39 is 11.2 Å². The summed E-state index contributed by atoms with van der Waals surface area (Å²) in [6.45, 7) is 0.420. The Kier molecular flexibility index (Phi) is 7.76. The van der Waals surface area contributed by atoms with Gasteiger partial charge in [-0.2, -0.15) is 0 Å². The number of ether oxygens (including phenoxy) is 1. The largest absolute Gasteiger partial charge is 0.441 e. The van der Waals surface area contributed by atoms with Gasteiger partial charge in [-0.15, -0.1) is 0 Å². The molecule has 186 valence electrons. The number of nitrogens with zero attached hydrogens (tertiary/aromatic N) is 3. The fourth-order valence-electron chi connectivity index (χ4n) is 3.81. The number of benzene rings is 2. The Balaban J connectivity index is 1.62. The molecule has 3 N–H and O–H groups in total. The minimum absolute atomic E-state index is 0.0116. The second kappa shape index (κ2) is 11.3. The van der Waals surface area contributed by atoms with Gasteiger partial charge in [-0.05, 0) is 5.56 Å². The van der Waals surface area contributed by atoms with E-state index in [0.717, 1.165) is 11.1 Å². The number of carbonyl (C=O) groups excluding carboxylic acids is 1. The van der Waals surface area contributed by atoms with Crippen LogP contribution < -0.4 is 21.9 Å². The highest BCUT2D eigenvalue weighted by molar-refractivity contribution is 5.95. The Hall–Kier alpha value is -4.44. The molecule has 0 saturated heterocycles. The zero-order chi connectivity index (χ0) is 25.5. The Morgan fingerprint density at radius 2 is 1.81 bits per heavy atom. The van der Waals surface area contributed by atoms with E-state index in [2.05, 4.69) is 9.97 Å². The van der Waals surface area contributed by atoms with E-state index in [-0.39, 0.29) is 50.0 Å². The first-order valence-electron chi connectivity index (χ1n) is 11.4. The van der Waals surface area contributed by atoms with Gasteiger partial charge >= 0.3 is 5.69 Å². The molecular formula is C26H27N5O5. The van der Waals surface area contributed by atoms with Crippen molar-refractivity contribution in [2.75, 3.05) is 24.4 Å². The van der Waals surface area contributed by atoms with Crippen LogP contribution in [0.15, 0.2) is 80.9 Å². The molecule has 0 aliphatic rings. The number of nitrogens with one attached hydrogen (secondary N) is 1.